The molecule has 0 bridgehead atoms. The molecule has 0 amide bonds. The molecule has 13 heavy (non-hydrogen) atoms. The molecule has 0 spiro atoms. The Hall–Kier alpha value is -1.30. The Morgan fingerprint density at radius 2 is 2.23 bits per heavy atom. The monoisotopic (exact) mass is 203 g/mol. The zero-order valence-corrected chi connectivity index (χ0v) is 7.27. The average molecular weight is 203 g/mol. The maximum Gasteiger partial charge on any atom is 0.268 e. The van der Waals surface area contributed by atoms with E-state index in [0.29, 0.717) is 5.75 Å². The average Bonchev–Trinajstić information content (AvgIpc) is 2.01. The molecule has 6 heteroatoms. The lowest BCUT2D eigenvalue weighted by Crippen LogP contribution is -2.25. The molecule has 1 aromatic carbocycles. The van der Waals surface area contributed by atoms with E-state index in [4.69, 9.17) is 4.74 Å². The van der Waals surface area contributed by atoms with Gasteiger partial charge in [-0.2, -0.15) is 0 Å². The van der Waals surface area contributed by atoms with Gasteiger partial charge in [-0.1, -0.05) is 0 Å². The van der Waals surface area contributed by atoms with Crippen LogP contribution in [0.2, 0.25) is 0 Å². The van der Waals surface area contributed by atoms with Gasteiger partial charge in [0.15, 0.2) is 0 Å². The predicted molar refractivity (Wildman–Crippen MR) is 44.4 cm³/mol. The van der Waals surface area contributed by atoms with Crippen molar-refractivity contribution >= 4 is 15.7 Å². The minimum atomic E-state index is -3.45. The molecule has 0 radical (unpaired) electrons. The van der Waals surface area contributed by atoms with Gasteiger partial charge >= 0.3 is 0 Å². The highest BCUT2D eigenvalue weighted by Crippen LogP contribution is 2.29. The number of anilines is 1. The molecule has 0 aromatic heterocycles. The van der Waals surface area contributed by atoms with Crippen LogP contribution in [-0.4, -0.2) is 14.4 Å². The summed E-state index contributed by atoms with van der Waals surface area (Å²) in [6.45, 7) is 0. The number of hydrogen-bond donors (Lipinski definition) is 1. The Kier molecular flexibility index (Phi) is 1.66. The molecular weight excluding hydrogens is 197 g/mol. The molecule has 0 fully saturated rings. The second kappa shape index (κ2) is 2.59. The normalized spacial score (nSPS) is 18.2. The van der Waals surface area contributed by atoms with Gasteiger partial charge in [-0.25, -0.2) is 12.8 Å². The number of benzene rings is 1. The van der Waals surface area contributed by atoms with E-state index in [0.717, 1.165) is 6.07 Å². The first-order valence-electron chi connectivity index (χ1n) is 3.50. The summed E-state index contributed by atoms with van der Waals surface area (Å²) in [5.74, 6) is -0.589. The van der Waals surface area contributed by atoms with Gasteiger partial charge in [-0.05, 0) is 12.1 Å². The molecule has 0 unspecified atom stereocenters. The van der Waals surface area contributed by atoms with Crippen molar-refractivity contribution in [3.63, 3.8) is 0 Å². The summed E-state index contributed by atoms with van der Waals surface area (Å²) in [4.78, 5) is 0. The lowest BCUT2D eigenvalue weighted by atomic mass is 10.3. The van der Waals surface area contributed by atoms with Crippen LogP contribution in [0, 0.1) is 5.82 Å². The topological polar surface area (TPSA) is 55.4 Å². The fourth-order valence-electron chi connectivity index (χ4n) is 1.05. The minimum absolute atomic E-state index is 0.145. The summed E-state index contributed by atoms with van der Waals surface area (Å²) in [6, 6.07) is 3.66. The standard InChI is InChI=1S/C7H6FNO3S/c8-5-1-2-7-6(3-5)9-13(10,11)4-12-7/h1-3,9H,4H2. The van der Waals surface area contributed by atoms with E-state index in [2.05, 4.69) is 4.72 Å². The Morgan fingerprint density at radius 1 is 1.46 bits per heavy atom. The van der Waals surface area contributed by atoms with Crippen LogP contribution in [0.1, 0.15) is 0 Å². The van der Waals surface area contributed by atoms with Gasteiger partial charge in [0.2, 0.25) is 5.94 Å². The van der Waals surface area contributed by atoms with Gasteiger partial charge in [0.25, 0.3) is 10.0 Å². The quantitative estimate of drug-likeness (QED) is 0.682. The molecule has 0 saturated carbocycles. The van der Waals surface area contributed by atoms with Gasteiger partial charge in [-0.3, -0.25) is 4.72 Å². The number of halogens is 1. The van der Waals surface area contributed by atoms with Crippen LogP contribution in [0.4, 0.5) is 10.1 Å². The van der Waals surface area contributed by atoms with Crippen molar-refractivity contribution in [3.8, 4) is 5.75 Å². The molecule has 4 nitrogen and oxygen atoms in total. The summed E-state index contributed by atoms with van der Waals surface area (Å²) in [5, 5.41) is 0. The van der Waals surface area contributed by atoms with E-state index in [1.54, 1.807) is 0 Å². The van der Waals surface area contributed by atoms with Crippen LogP contribution in [0.15, 0.2) is 18.2 Å². The Labute approximate surface area is 74.4 Å². The first-order chi connectivity index (χ1) is 6.07. The van der Waals surface area contributed by atoms with Crippen molar-refractivity contribution in [1.29, 1.82) is 0 Å². The van der Waals surface area contributed by atoms with Gasteiger partial charge in [0.05, 0.1) is 5.69 Å². The maximum absolute atomic E-state index is 12.7. The van der Waals surface area contributed by atoms with E-state index in [1.807, 2.05) is 0 Å². The van der Waals surface area contributed by atoms with Crippen LogP contribution in [-0.2, 0) is 10.0 Å². The van der Waals surface area contributed by atoms with Crippen molar-refractivity contribution in [1.82, 2.24) is 0 Å². The fraction of sp³-hybridized carbons (Fsp3) is 0.143. The third-order valence-corrected chi connectivity index (χ3v) is 2.54. The third-order valence-electron chi connectivity index (χ3n) is 1.58. The van der Waals surface area contributed by atoms with E-state index in [1.165, 1.54) is 12.1 Å². The van der Waals surface area contributed by atoms with Crippen molar-refractivity contribution in [2.75, 3.05) is 10.7 Å². The lowest BCUT2D eigenvalue weighted by molar-refractivity contribution is 0.373. The largest absolute Gasteiger partial charge is 0.474 e. The van der Waals surface area contributed by atoms with Crippen molar-refractivity contribution in [2.45, 2.75) is 0 Å². The second-order valence-corrected chi connectivity index (χ2v) is 4.29. The highest BCUT2D eigenvalue weighted by molar-refractivity contribution is 7.92. The molecule has 2 rings (SSSR count). The summed E-state index contributed by atoms with van der Waals surface area (Å²) >= 11 is 0. The lowest BCUT2D eigenvalue weighted by Gasteiger charge is -2.18. The molecule has 1 aliphatic heterocycles. The first-order valence-corrected chi connectivity index (χ1v) is 5.15. The molecule has 0 saturated heterocycles. The zero-order valence-electron chi connectivity index (χ0n) is 6.45. The molecule has 0 aliphatic carbocycles. The smallest absolute Gasteiger partial charge is 0.268 e. The van der Waals surface area contributed by atoms with E-state index in [-0.39, 0.29) is 5.69 Å². The zero-order chi connectivity index (χ0) is 9.47. The fourth-order valence-corrected chi connectivity index (χ4v) is 1.88. The van der Waals surface area contributed by atoms with E-state index < -0.39 is 21.8 Å². The number of nitrogens with one attached hydrogen (secondary N) is 1. The van der Waals surface area contributed by atoms with Crippen LogP contribution < -0.4 is 9.46 Å². The molecular formula is C7H6FNO3S. The van der Waals surface area contributed by atoms with Crippen LogP contribution >= 0.6 is 0 Å². The van der Waals surface area contributed by atoms with Crippen LogP contribution in [0.25, 0.3) is 0 Å². The highest BCUT2D eigenvalue weighted by Gasteiger charge is 2.21. The van der Waals surface area contributed by atoms with E-state index in [9.17, 15) is 12.8 Å². The second-order valence-electron chi connectivity index (χ2n) is 2.62. The SMILES string of the molecule is O=S1(=O)COc2ccc(F)cc2N1. The number of ether oxygens (including phenoxy) is 1. The minimum Gasteiger partial charge on any atom is -0.474 e. The van der Waals surface area contributed by atoms with Crippen LogP contribution in [0.5, 0.6) is 5.75 Å². The number of hydrogen-bond acceptors (Lipinski definition) is 3. The molecule has 70 valence electrons. The maximum atomic E-state index is 12.7. The summed E-state index contributed by atoms with van der Waals surface area (Å²) in [7, 11) is -3.45. The Bertz CT molecular complexity index is 443. The summed E-state index contributed by atoms with van der Waals surface area (Å²) in [6.07, 6.45) is 0. The van der Waals surface area contributed by atoms with Gasteiger partial charge in [-0.15, -0.1) is 0 Å². The highest BCUT2D eigenvalue weighted by atomic mass is 32.2. The number of fused-ring (bicyclic) bond motifs is 1. The first kappa shape index (κ1) is 8.31. The van der Waals surface area contributed by atoms with Crippen molar-refractivity contribution < 1.29 is 17.5 Å². The van der Waals surface area contributed by atoms with Gasteiger partial charge < -0.3 is 4.74 Å². The molecule has 1 heterocycles. The van der Waals surface area contributed by atoms with Gasteiger partial charge in [0, 0.05) is 6.07 Å². The van der Waals surface area contributed by atoms with Crippen molar-refractivity contribution in [2.24, 2.45) is 0 Å². The van der Waals surface area contributed by atoms with E-state index >= 15 is 0 Å². The van der Waals surface area contributed by atoms with Gasteiger partial charge in [0.1, 0.15) is 11.6 Å². The predicted octanol–water partition coefficient (Wildman–Crippen LogP) is 0.917. The molecule has 1 aromatic rings. The third kappa shape index (κ3) is 1.57. The molecule has 0 atom stereocenters. The molecule has 1 aliphatic rings. The number of sulfonamides is 1. The van der Waals surface area contributed by atoms with Crippen LogP contribution in [0.3, 0.4) is 0 Å². The van der Waals surface area contributed by atoms with Crippen molar-refractivity contribution in [3.05, 3.63) is 24.0 Å². The number of rotatable bonds is 0. The Morgan fingerprint density at radius 3 is 3.00 bits per heavy atom. The summed E-state index contributed by atoms with van der Waals surface area (Å²) in [5.41, 5.74) is 0.145. The molecule has 1 N–H and O–H groups in total. The Balaban J connectivity index is 2.50. The summed E-state index contributed by atoms with van der Waals surface area (Å²) < 4.78 is 41.6.